The standard InChI is InChI=1S/C21H24N2O4S/c1-13-6-5-8-17(14(13)2)23-19(24)10-22-20(25)11-27-21(26)16-12-28-18-9-4-3-7-15(16)18/h5-6,8,12H,3-4,7,9-11H2,1-2H3,(H,22,25)(H,23,24). The van der Waals surface area contributed by atoms with Gasteiger partial charge < -0.3 is 15.4 Å². The van der Waals surface area contributed by atoms with Crippen LogP contribution in [-0.4, -0.2) is 30.9 Å². The summed E-state index contributed by atoms with van der Waals surface area (Å²) < 4.78 is 5.12. The number of benzene rings is 1. The first-order valence-electron chi connectivity index (χ1n) is 9.35. The number of rotatable bonds is 6. The van der Waals surface area contributed by atoms with E-state index in [0.717, 1.165) is 42.4 Å². The molecule has 2 aromatic rings. The average molecular weight is 401 g/mol. The second-order valence-electron chi connectivity index (χ2n) is 6.91. The number of amides is 2. The smallest absolute Gasteiger partial charge is 0.339 e. The van der Waals surface area contributed by atoms with Gasteiger partial charge in [0.1, 0.15) is 0 Å². The Morgan fingerprint density at radius 1 is 1.11 bits per heavy atom. The van der Waals surface area contributed by atoms with E-state index in [1.165, 1.54) is 4.88 Å². The van der Waals surface area contributed by atoms with Gasteiger partial charge >= 0.3 is 5.97 Å². The molecule has 1 aromatic carbocycles. The number of hydrogen-bond acceptors (Lipinski definition) is 5. The van der Waals surface area contributed by atoms with Crippen LogP contribution in [0.5, 0.6) is 0 Å². The lowest BCUT2D eigenvalue weighted by Crippen LogP contribution is -2.35. The maximum Gasteiger partial charge on any atom is 0.339 e. The zero-order chi connectivity index (χ0) is 20.1. The number of anilines is 1. The van der Waals surface area contributed by atoms with E-state index < -0.39 is 18.5 Å². The second kappa shape index (κ2) is 9.01. The van der Waals surface area contributed by atoms with Crippen molar-refractivity contribution in [3.8, 4) is 0 Å². The first-order chi connectivity index (χ1) is 13.5. The number of fused-ring (bicyclic) bond motifs is 1. The zero-order valence-corrected chi connectivity index (χ0v) is 16.9. The quantitative estimate of drug-likeness (QED) is 0.730. The van der Waals surface area contributed by atoms with Crippen LogP contribution in [0.25, 0.3) is 0 Å². The molecule has 3 rings (SSSR count). The van der Waals surface area contributed by atoms with E-state index in [1.807, 2.05) is 37.4 Å². The maximum atomic E-state index is 12.3. The number of aryl methyl sites for hydroxylation is 2. The predicted octanol–water partition coefficient (Wildman–Crippen LogP) is 3.16. The van der Waals surface area contributed by atoms with Crippen LogP contribution in [0.1, 0.15) is 44.8 Å². The maximum absolute atomic E-state index is 12.3. The van der Waals surface area contributed by atoms with Crippen molar-refractivity contribution in [3.05, 3.63) is 50.7 Å². The highest BCUT2D eigenvalue weighted by Gasteiger charge is 2.21. The number of esters is 1. The molecule has 0 atom stereocenters. The fourth-order valence-corrected chi connectivity index (χ4v) is 4.30. The van der Waals surface area contributed by atoms with Crippen molar-refractivity contribution in [3.63, 3.8) is 0 Å². The predicted molar refractivity (Wildman–Crippen MR) is 109 cm³/mol. The van der Waals surface area contributed by atoms with Crippen LogP contribution < -0.4 is 10.6 Å². The molecule has 0 bridgehead atoms. The van der Waals surface area contributed by atoms with Crippen molar-refractivity contribution < 1.29 is 19.1 Å². The van der Waals surface area contributed by atoms with Gasteiger partial charge in [0.05, 0.1) is 12.1 Å². The summed E-state index contributed by atoms with van der Waals surface area (Å²) in [5.41, 5.74) is 4.40. The molecule has 6 nitrogen and oxygen atoms in total. The SMILES string of the molecule is Cc1cccc(NC(=O)CNC(=O)COC(=O)c2csc3c2CCCC3)c1C. The Morgan fingerprint density at radius 3 is 2.71 bits per heavy atom. The van der Waals surface area contributed by atoms with E-state index in [-0.39, 0.29) is 12.5 Å². The normalized spacial score (nSPS) is 12.8. The van der Waals surface area contributed by atoms with E-state index in [9.17, 15) is 14.4 Å². The molecule has 1 aliphatic carbocycles. The third-order valence-corrected chi connectivity index (χ3v) is 6.03. The fourth-order valence-electron chi connectivity index (χ4n) is 3.18. The molecule has 7 heteroatoms. The lowest BCUT2D eigenvalue weighted by atomic mass is 9.96. The Hall–Kier alpha value is -2.67. The lowest BCUT2D eigenvalue weighted by Gasteiger charge is -2.12. The number of carbonyl (C=O) groups excluding carboxylic acids is 3. The summed E-state index contributed by atoms with van der Waals surface area (Å²) in [4.78, 5) is 37.4. The molecule has 1 aromatic heterocycles. The van der Waals surface area contributed by atoms with Gasteiger partial charge in [0, 0.05) is 15.9 Å². The second-order valence-corrected chi connectivity index (χ2v) is 7.87. The van der Waals surface area contributed by atoms with Crippen molar-refractivity contribution in [2.24, 2.45) is 0 Å². The molecule has 0 radical (unpaired) electrons. The van der Waals surface area contributed by atoms with Gasteiger partial charge in [0.25, 0.3) is 5.91 Å². The molecule has 1 aliphatic rings. The number of carbonyl (C=O) groups is 3. The molecular weight excluding hydrogens is 376 g/mol. The molecule has 0 saturated carbocycles. The van der Waals surface area contributed by atoms with Crippen LogP contribution in [0.2, 0.25) is 0 Å². The highest BCUT2D eigenvalue weighted by Crippen LogP contribution is 2.30. The molecule has 1 heterocycles. The van der Waals surface area contributed by atoms with Crippen molar-refractivity contribution in [2.75, 3.05) is 18.5 Å². The first kappa shape index (κ1) is 20.1. The van der Waals surface area contributed by atoms with Crippen LogP contribution in [0.4, 0.5) is 5.69 Å². The van der Waals surface area contributed by atoms with Gasteiger partial charge in [-0.25, -0.2) is 4.79 Å². The van der Waals surface area contributed by atoms with E-state index in [4.69, 9.17) is 4.74 Å². The van der Waals surface area contributed by atoms with Crippen molar-refractivity contribution in [2.45, 2.75) is 39.5 Å². The van der Waals surface area contributed by atoms with Crippen LogP contribution in [0, 0.1) is 13.8 Å². The summed E-state index contributed by atoms with van der Waals surface area (Å²) in [6, 6.07) is 5.64. The summed E-state index contributed by atoms with van der Waals surface area (Å²) in [5, 5.41) is 7.06. The highest BCUT2D eigenvalue weighted by atomic mass is 32.1. The molecule has 0 fully saturated rings. The zero-order valence-electron chi connectivity index (χ0n) is 16.1. The number of hydrogen-bond donors (Lipinski definition) is 2. The highest BCUT2D eigenvalue weighted by molar-refractivity contribution is 7.10. The van der Waals surface area contributed by atoms with Gasteiger partial charge in [-0.1, -0.05) is 12.1 Å². The molecule has 0 saturated heterocycles. The molecule has 2 amide bonds. The van der Waals surface area contributed by atoms with Gasteiger partial charge in [0.15, 0.2) is 6.61 Å². The topological polar surface area (TPSA) is 84.5 Å². The van der Waals surface area contributed by atoms with Gasteiger partial charge in [-0.3, -0.25) is 9.59 Å². The summed E-state index contributed by atoms with van der Waals surface area (Å²) >= 11 is 1.58. The molecule has 28 heavy (non-hydrogen) atoms. The summed E-state index contributed by atoms with van der Waals surface area (Å²) in [6.45, 7) is 3.30. The summed E-state index contributed by atoms with van der Waals surface area (Å²) in [6.07, 6.45) is 4.10. The van der Waals surface area contributed by atoms with Crippen molar-refractivity contribution in [1.82, 2.24) is 5.32 Å². The molecule has 0 aliphatic heterocycles. The van der Waals surface area contributed by atoms with E-state index in [0.29, 0.717) is 11.3 Å². The lowest BCUT2D eigenvalue weighted by molar-refractivity contribution is -0.126. The summed E-state index contributed by atoms with van der Waals surface area (Å²) in [7, 11) is 0. The minimum absolute atomic E-state index is 0.183. The van der Waals surface area contributed by atoms with Crippen LogP contribution in [0.15, 0.2) is 23.6 Å². The van der Waals surface area contributed by atoms with E-state index in [2.05, 4.69) is 10.6 Å². The largest absolute Gasteiger partial charge is 0.452 e. The van der Waals surface area contributed by atoms with Gasteiger partial charge in [-0.2, -0.15) is 0 Å². The van der Waals surface area contributed by atoms with Gasteiger partial charge in [-0.15, -0.1) is 11.3 Å². The Kier molecular flexibility index (Phi) is 6.46. The number of ether oxygens (including phenoxy) is 1. The third-order valence-electron chi connectivity index (χ3n) is 4.94. The van der Waals surface area contributed by atoms with E-state index >= 15 is 0 Å². The Balaban J connectivity index is 1.44. The number of thiophene rings is 1. The van der Waals surface area contributed by atoms with Gasteiger partial charge in [0.2, 0.25) is 5.91 Å². The monoisotopic (exact) mass is 400 g/mol. The number of nitrogens with one attached hydrogen (secondary N) is 2. The van der Waals surface area contributed by atoms with Crippen molar-refractivity contribution >= 4 is 34.8 Å². The minimum atomic E-state index is -0.506. The molecular formula is C21H24N2O4S. The van der Waals surface area contributed by atoms with Crippen LogP contribution in [0.3, 0.4) is 0 Å². The molecule has 0 spiro atoms. The third kappa shape index (κ3) is 4.78. The first-order valence-corrected chi connectivity index (χ1v) is 10.2. The Morgan fingerprint density at radius 2 is 1.89 bits per heavy atom. The van der Waals surface area contributed by atoms with Crippen LogP contribution >= 0.6 is 11.3 Å². The minimum Gasteiger partial charge on any atom is -0.452 e. The molecule has 0 unspecified atom stereocenters. The van der Waals surface area contributed by atoms with E-state index in [1.54, 1.807) is 11.3 Å². The average Bonchev–Trinajstić information content (AvgIpc) is 3.12. The van der Waals surface area contributed by atoms with Crippen molar-refractivity contribution in [1.29, 1.82) is 0 Å². The fraction of sp³-hybridized carbons (Fsp3) is 0.381. The Labute approximate surface area is 168 Å². The van der Waals surface area contributed by atoms with Crippen LogP contribution in [-0.2, 0) is 27.2 Å². The van der Waals surface area contributed by atoms with Gasteiger partial charge in [-0.05, 0) is 62.3 Å². The molecule has 2 N–H and O–H groups in total. The Bertz CT molecular complexity index is 904. The molecule has 148 valence electrons. The summed E-state index contributed by atoms with van der Waals surface area (Å²) in [5.74, 6) is -1.32.